The molecule has 0 saturated carbocycles. The topological polar surface area (TPSA) is 64.1 Å². The summed E-state index contributed by atoms with van der Waals surface area (Å²) in [5.74, 6) is 0.509. The Hall–Kier alpha value is -1.60. The number of aryl methyl sites for hydroxylation is 1. The summed E-state index contributed by atoms with van der Waals surface area (Å²) >= 11 is 2.84. The lowest BCUT2D eigenvalue weighted by atomic mass is 10.1. The van der Waals surface area contributed by atoms with Gasteiger partial charge in [0.15, 0.2) is 10.4 Å². The summed E-state index contributed by atoms with van der Waals surface area (Å²) in [6, 6.07) is 7.73. The zero-order valence-corrected chi connectivity index (χ0v) is 13.8. The molecule has 0 bridgehead atoms. The van der Waals surface area contributed by atoms with Crippen LogP contribution in [0.5, 0.6) is 5.75 Å². The van der Waals surface area contributed by atoms with Gasteiger partial charge in [-0.05, 0) is 31.2 Å². The van der Waals surface area contributed by atoms with Gasteiger partial charge in [0.25, 0.3) is 5.91 Å². The van der Waals surface area contributed by atoms with Gasteiger partial charge in [-0.15, -0.1) is 10.2 Å². The molecule has 21 heavy (non-hydrogen) atoms. The molecule has 7 heteroatoms. The Morgan fingerprint density at radius 2 is 2.19 bits per heavy atom. The molecule has 5 nitrogen and oxygen atoms in total. The van der Waals surface area contributed by atoms with Gasteiger partial charge < -0.3 is 4.74 Å². The Balaban J connectivity index is 1.99. The Bertz CT molecular complexity index is 616. The molecule has 0 radical (unpaired) electrons. The number of ether oxygens (including phenoxy) is 1. The summed E-state index contributed by atoms with van der Waals surface area (Å²) in [4.78, 5) is 12.1. The van der Waals surface area contributed by atoms with Crippen molar-refractivity contribution in [1.29, 1.82) is 0 Å². The third kappa shape index (κ3) is 4.18. The van der Waals surface area contributed by atoms with Crippen molar-refractivity contribution in [3.8, 4) is 5.75 Å². The van der Waals surface area contributed by atoms with E-state index in [-0.39, 0.29) is 5.91 Å². The van der Waals surface area contributed by atoms with E-state index in [0.29, 0.717) is 5.13 Å². The molecule has 0 unspecified atom stereocenters. The molecule has 0 spiro atoms. The fourth-order valence-corrected chi connectivity index (χ4v) is 2.88. The van der Waals surface area contributed by atoms with Gasteiger partial charge in [0, 0.05) is 0 Å². The number of amides is 1. The van der Waals surface area contributed by atoms with Crippen LogP contribution < -0.4 is 10.1 Å². The van der Waals surface area contributed by atoms with E-state index in [1.807, 2.05) is 30.5 Å². The van der Waals surface area contributed by atoms with Crippen molar-refractivity contribution in [2.45, 2.75) is 30.7 Å². The maximum Gasteiger partial charge on any atom is 0.266 e. The molecule has 1 aromatic heterocycles. The summed E-state index contributed by atoms with van der Waals surface area (Å²) in [7, 11) is 0. The largest absolute Gasteiger partial charge is 0.481 e. The van der Waals surface area contributed by atoms with E-state index < -0.39 is 6.10 Å². The maximum atomic E-state index is 12.1. The summed E-state index contributed by atoms with van der Waals surface area (Å²) in [6.45, 7) is 3.77. The van der Waals surface area contributed by atoms with Gasteiger partial charge in [-0.2, -0.15) is 0 Å². The van der Waals surface area contributed by atoms with E-state index in [2.05, 4.69) is 22.4 Å². The van der Waals surface area contributed by atoms with Gasteiger partial charge in [0.2, 0.25) is 5.13 Å². The molecule has 0 fully saturated rings. The number of para-hydroxylation sites is 1. The molecule has 0 saturated heterocycles. The molecule has 1 amide bonds. The maximum absolute atomic E-state index is 12.1. The Kier molecular flexibility index (Phi) is 5.58. The van der Waals surface area contributed by atoms with Crippen LogP contribution in [0.2, 0.25) is 0 Å². The second kappa shape index (κ2) is 7.42. The van der Waals surface area contributed by atoms with Crippen molar-refractivity contribution in [2.75, 3.05) is 11.6 Å². The Morgan fingerprint density at radius 3 is 2.86 bits per heavy atom. The van der Waals surface area contributed by atoms with E-state index in [1.165, 1.54) is 23.1 Å². The number of carbonyl (C=O) groups excluding carboxylic acids is 1. The van der Waals surface area contributed by atoms with E-state index in [1.54, 1.807) is 6.92 Å². The first-order valence-corrected chi connectivity index (χ1v) is 8.61. The first kappa shape index (κ1) is 15.8. The zero-order valence-electron chi connectivity index (χ0n) is 12.1. The molecule has 0 aliphatic rings. The van der Waals surface area contributed by atoms with Crippen molar-refractivity contribution < 1.29 is 9.53 Å². The number of aromatic nitrogens is 2. The number of anilines is 1. The van der Waals surface area contributed by atoms with Gasteiger partial charge in [-0.1, -0.05) is 48.2 Å². The number of benzene rings is 1. The Labute approximate surface area is 132 Å². The molecular weight excluding hydrogens is 306 g/mol. The highest BCUT2D eigenvalue weighted by molar-refractivity contribution is 8.00. The highest BCUT2D eigenvalue weighted by Gasteiger charge is 2.17. The van der Waals surface area contributed by atoms with E-state index in [4.69, 9.17) is 4.74 Å². The fourth-order valence-electron chi connectivity index (χ4n) is 1.70. The van der Waals surface area contributed by atoms with Crippen LogP contribution in [0.4, 0.5) is 5.13 Å². The van der Waals surface area contributed by atoms with E-state index in [9.17, 15) is 4.79 Å². The summed E-state index contributed by atoms with van der Waals surface area (Å²) in [5.41, 5.74) is 1.08. The minimum Gasteiger partial charge on any atom is -0.481 e. The van der Waals surface area contributed by atoms with Crippen molar-refractivity contribution in [3.63, 3.8) is 0 Å². The molecule has 112 valence electrons. The SMILES string of the molecule is CCc1ccccc1O[C@H](C)C(=O)Nc1nnc(SC)s1. The number of nitrogens with zero attached hydrogens (tertiary/aromatic N) is 2. The van der Waals surface area contributed by atoms with Crippen LogP contribution in [-0.4, -0.2) is 28.5 Å². The van der Waals surface area contributed by atoms with E-state index in [0.717, 1.165) is 22.1 Å². The molecule has 2 aromatic rings. The summed E-state index contributed by atoms with van der Waals surface area (Å²) < 4.78 is 6.56. The highest BCUT2D eigenvalue weighted by atomic mass is 32.2. The number of thioether (sulfide) groups is 1. The van der Waals surface area contributed by atoms with Crippen LogP contribution in [0, 0.1) is 0 Å². The molecule has 0 aliphatic heterocycles. The standard InChI is InChI=1S/C14H17N3O2S2/c1-4-10-7-5-6-8-11(10)19-9(2)12(18)15-13-16-17-14(20-3)21-13/h5-9H,4H2,1-3H3,(H,15,16,18)/t9-/m1/s1. The first-order chi connectivity index (χ1) is 10.1. The summed E-state index contributed by atoms with van der Waals surface area (Å²) in [5, 5.41) is 11.1. The monoisotopic (exact) mass is 323 g/mol. The zero-order chi connectivity index (χ0) is 15.2. The molecule has 2 rings (SSSR count). The normalized spacial score (nSPS) is 12.0. The van der Waals surface area contributed by atoms with Crippen LogP contribution in [0.15, 0.2) is 28.6 Å². The molecule has 1 atom stereocenters. The second-order valence-electron chi connectivity index (χ2n) is 4.29. The number of hydrogen-bond donors (Lipinski definition) is 1. The third-order valence-electron chi connectivity index (χ3n) is 2.84. The number of rotatable bonds is 6. The predicted octanol–water partition coefficient (Wildman–Crippen LogP) is 3.23. The minimum absolute atomic E-state index is 0.232. The van der Waals surface area contributed by atoms with Crippen molar-refractivity contribution in [3.05, 3.63) is 29.8 Å². The molecule has 1 N–H and O–H groups in total. The average molecular weight is 323 g/mol. The van der Waals surface area contributed by atoms with Crippen molar-refractivity contribution in [2.24, 2.45) is 0 Å². The van der Waals surface area contributed by atoms with Crippen LogP contribution in [0.25, 0.3) is 0 Å². The smallest absolute Gasteiger partial charge is 0.266 e. The van der Waals surface area contributed by atoms with Gasteiger partial charge in [-0.25, -0.2) is 0 Å². The fraction of sp³-hybridized carbons (Fsp3) is 0.357. The van der Waals surface area contributed by atoms with Crippen LogP contribution >= 0.6 is 23.1 Å². The highest BCUT2D eigenvalue weighted by Crippen LogP contribution is 2.24. The average Bonchev–Trinajstić information content (AvgIpc) is 2.95. The van der Waals surface area contributed by atoms with Gasteiger partial charge >= 0.3 is 0 Å². The number of nitrogens with one attached hydrogen (secondary N) is 1. The summed E-state index contributed by atoms with van der Waals surface area (Å²) in [6.07, 6.45) is 2.18. The number of hydrogen-bond acceptors (Lipinski definition) is 6. The Morgan fingerprint density at radius 1 is 1.43 bits per heavy atom. The lowest BCUT2D eigenvalue weighted by Gasteiger charge is -2.15. The van der Waals surface area contributed by atoms with Gasteiger partial charge in [-0.3, -0.25) is 10.1 Å². The second-order valence-corrected chi connectivity index (χ2v) is 6.32. The first-order valence-electron chi connectivity index (χ1n) is 6.57. The lowest BCUT2D eigenvalue weighted by Crippen LogP contribution is -2.30. The third-order valence-corrected chi connectivity index (χ3v) is 4.65. The number of carbonyl (C=O) groups is 1. The lowest BCUT2D eigenvalue weighted by molar-refractivity contribution is -0.122. The predicted molar refractivity (Wildman–Crippen MR) is 86.2 cm³/mol. The van der Waals surface area contributed by atoms with Crippen molar-refractivity contribution >= 4 is 34.1 Å². The molecule has 1 aromatic carbocycles. The van der Waals surface area contributed by atoms with Crippen LogP contribution in [0.1, 0.15) is 19.4 Å². The van der Waals surface area contributed by atoms with Crippen molar-refractivity contribution in [1.82, 2.24) is 10.2 Å². The van der Waals surface area contributed by atoms with E-state index >= 15 is 0 Å². The van der Waals surface area contributed by atoms with Crippen LogP contribution in [0.3, 0.4) is 0 Å². The quantitative estimate of drug-likeness (QED) is 0.653. The molecular formula is C14H17N3O2S2. The van der Waals surface area contributed by atoms with Crippen LogP contribution in [-0.2, 0) is 11.2 Å². The molecule has 0 aliphatic carbocycles. The molecule has 1 heterocycles. The van der Waals surface area contributed by atoms with Gasteiger partial charge in [0.1, 0.15) is 5.75 Å². The minimum atomic E-state index is -0.598. The van der Waals surface area contributed by atoms with Gasteiger partial charge in [0.05, 0.1) is 0 Å².